The third-order valence-corrected chi connectivity index (χ3v) is 2.74. The first-order valence-corrected chi connectivity index (χ1v) is 5.80. The predicted molar refractivity (Wildman–Crippen MR) is 59.4 cm³/mol. The molecule has 0 atom stereocenters. The largest absolute Gasteiger partial charge is 0.460 e. The van der Waals surface area contributed by atoms with E-state index in [1.54, 1.807) is 6.20 Å². The first-order valence-electron chi connectivity index (χ1n) is 4.19. The molecule has 0 aromatic carbocycles. The van der Waals surface area contributed by atoms with Crippen LogP contribution in [0.1, 0.15) is 25.6 Å². The van der Waals surface area contributed by atoms with Gasteiger partial charge in [-0.15, -0.1) is 11.3 Å². The Morgan fingerprint density at radius 3 is 2.71 bits per heavy atom. The van der Waals surface area contributed by atoms with Crippen molar-refractivity contribution in [1.82, 2.24) is 4.98 Å². The van der Waals surface area contributed by atoms with Gasteiger partial charge in [0.1, 0.15) is 5.60 Å². The Labute approximate surface area is 95.6 Å². The number of ether oxygens (including phenoxy) is 1. The molecule has 0 saturated heterocycles. The molecule has 0 saturated carbocycles. The summed E-state index contributed by atoms with van der Waals surface area (Å²) in [4.78, 5) is 16.3. The molecule has 0 radical (unpaired) electrons. The SMILES string of the molecule is CC(C)(C)OC(=O)Cc1cnc(Br)s1. The van der Waals surface area contributed by atoms with Crippen molar-refractivity contribution in [2.24, 2.45) is 0 Å². The standard InChI is InChI=1S/C9H12BrNO2S/c1-9(2,3)13-7(12)4-6-5-11-8(10)14-6/h5H,4H2,1-3H3. The minimum absolute atomic E-state index is 0.214. The van der Waals surface area contributed by atoms with Crippen molar-refractivity contribution in [3.8, 4) is 0 Å². The molecule has 1 aromatic rings. The van der Waals surface area contributed by atoms with E-state index in [4.69, 9.17) is 4.74 Å². The van der Waals surface area contributed by atoms with Crippen molar-refractivity contribution in [2.75, 3.05) is 0 Å². The van der Waals surface area contributed by atoms with Gasteiger partial charge in [0, 0.05) is 11.1 Å². The molecule has 5 heteroatoms. The molecule has 1 rings (SSSR count). The summed E-state index contributed by atoms with van der Waals surface area (Å²) < 4.78 is 5.96. The van der Waals surface area contributed by atoms with Crippen LogP contribution in [0, 0.1) is 0 Å². The Kier molecular flexibility index (Phi) is 3.66. The van der Waals surface area contributed by atoms with Gasteiger partial charge in [-0.25, -0.2) is 4.98 Å². The van der Waals surface area contributed by atoms with Crippen molar-refractivity contribution in [3.63, 3.8) is 0 Å². The van der Waals surface area contributed by atoms with E-state index in [2.05, 4.69) is 20.9 Å². The number of thiazole rings is 1. The topological polar surface area (TPSA) is 39.2 Å². The summed E-state index contributed by atoms with van der Waals surface area (Å²) in [5, 5.41) is 0. The average Bonchev–Trinajstić information content (AvgIpc) is 2.30. The van der Waals surface area contributed by atoms with Crippen LogP contribution in [-0.2, 0) is 16.0 Å². The number of nitrogens with zero attached hydrogens (tertiary/aromatic N) is 1. The maximum atomic E-state index is 11.4. The van der Waals surface area contributed by atoms with Crippen LogP contribution >= 0.6 is 27.3 Å². The van der Waals surface area contributed by atoms with Crippen LogP contribution in [0.25, 0.3) is 0 Å². The number of carbonyl (C=O) groups is 1. The van der Waals surface area contributed by atoms with Crippen molar-refractivity contribution in [1.29, 1.82) is 0 Å². The molecular weight excluding hydrogens is 266 g/mol. The van der Waals surface area contributed by atoms with Gasteiger partial charge in [0.2, 0.25) is 0 Å². The van der Waals surface area contributed by atoms with Crippen LogP contribution in [0.4, 0.5) is 0 Å². The van der Waals surface area contributed by atoms with Gasteiger partial charge in [-0.2, -0.15) is 0 Å². The fourth-order valence-corrected chi connectivity index (χ4v) is 2.23. The molecule has 0 amide bonds. The minimum atomic E-state index is -0.418. The van der Waals surface area contributed by atoms with Crippen LogP contribution < -0.4 is 0 Å². The zero-order valence-electron chi connectivity index (χ0n) is 8.33. The van der Waals surface area contributed by atoms with Gasteiger partial charge in [-0.1, -0.05) is 0 Å². The molecule has 0 bridgehead atoms. The van der Waals surface area contributed by atoms with E-state index in [1.165, 1.54) is 11.3 Å². The molecule has 1 heterocycles. The first kappa shape index (κ1) is 11.7. The number of aromatic nitrogens is 1. The molecule has 0 N–H and O–H groups in total. The minimum Gasteiger partial charge on any atom is -0.460 e. The first-order chi connectivity index (χ1) is 6.37. The Morgan fingerprint density at radius 1 is 1.64 bits per heavy atom. The third kappa shape index (κ3) is 4.19. The fraction of sp³-hybridized carbons (Fsp3) is 0.556. The van der Waals surface area contributed by atoms with Crippen molar-refractivity contribution < 1.29 is 9.53 Å². The highest BCUT2D eigenvalue weighted by atomic mass is 79.9. The summed E-state index contributed by atoms with van der Waals surface area (Å²) in [5.41, 5.74) is -0.418. The lowest BCUT2D eigenvalue weighted by molar-refractivity contribution is -0.153. The van der Waals surface area contributed by atoms with Crippen molar-refractivity contribution in [2.45, 2.75) is 32.8 Å². The fourth-order valence-electron chi connectivity index (χ4n) is 0.885. The van der Waals surface area contributed by atoms with Crippen LogP contribution in [0.2, 0.25) is 0 Å². The van der Waals surface area contributed by atoms with Crippen LogP contribution in [-0.4, -0.2) is 16.6 Å². The maximum absolute atomic E-state index is 11.4. The Bertz CT molecular complexity index is 330. The molecule has 0 fully saturated rings. The second-order valence-electron chi connectivity index (χ2n) is 3.84. The molecular formula is C9H12BrNO2S. The van der Waals surface area contributed by atoms with Gasteiger partial charge in [0.15, 0.2) is 3.92 Å². The molecule has 0 aliphatic rings. The second kappa shape index (κ2) is 4.40. The highest BCUT2D eigenvalue weighted by molar-refractivity contribution is 9.11. The van der Waals surface area contributed by atoms with Crippen molar-refractivity contribution >= 4 is 33.2 Å². The lowest BCUT2D eigenvalue weighted by Crippen LogP contribution is -2.24. The van der Waals surface area contributed by atoms with E-state index < -0.39 is 5.60 Å². The maximum Gasteiger partial charge on any atom is 0.311 e. The number of hydrogen-bond donors (Lipinski definition) is 0. The van der Waals surface area contributed by atoms with E-state index in [9.17, 15) is 4.79 Å². The summed E-state index contributed by atoms with van der Waals surface area (Å²) in [6.07, 6.45) is 1.97. The average molecular weight is 278 g/mol. The Balaban J connectivity index is 2.50. The number of rotatable bonds is 2. The zero-order valence-corrected chi connectivity index (χ0v) is 10.7. The van der Waals surface area contributed by atoms with E-state index in [0.717, 1.165) is 8.79 Å². The van der Waals surface area contributed by atoms with E-state index in [-0.39, 0.29) is 5.97 Å². The molecule has 1 aromatic heterocycles. The van der Waals surface area contributed by atoms with Gasteiger partial charge >= 0.3 is 5.97 Å². The third-order valence-electron chi connectivity index (χ3n) is 1.26. The number of halogens is 1. The monoisotopic (exact) mass is 277 g/mol. The molecule has 0 spiro atoms. The highest BCUT2D eigenvalue weighted by Crippen LogP contribution is 2.19. The number of carbonyl (C=O) groups excluding carboxylic acids is 1. The Morgan fingerprint density at radius 2 is 2.29 bits per heavy atom. The quantitative estimate of drug-likeness (QED) is 0.781. The summed E-state index contributed by atoms with van der Waals surface area (Å²) >= 11 is 4.69. The lowest BCUT2D eigenvalue weighted by atomic mass is 10.2. The van der Waals surface area contributed by atoms with Gasteiger partial charge in [0.05, 0.1) is 6.42 Å². The lowest BCUT2D eigenvalue weighted by Gasteiger charge is -2.18. The Hall–Kier alpha value is -0.420. The van der Waals surface area contributed by atoms with Crippen molar-refractivity contribution in [3.05, 3.63) is 15.0 Å². The summed E-state index contributed by atoms with van der Waals surface area (Å²) in [6.45, 7) is 5.56. The van der Waals surface area contributed by atoms with E-state index >= 15 is 0 Å². The summed E-state index contributed by atoms with van der Waals surface area (Å²) in [6, 6.07) is 0. The molecule has 0 aliphatic heterocycles. The molecule has 3 nitrogen and oxygen atoms in total. The number of hydrogen-bond acceptors (Lipinski definition) is 4. The van der Waals surface area contributed by atoms with Crippen LogP contribution in [0.3, 0.4) is 0 Å². The van der Waals surface area contributed by atoms with Crippen LogP contribution in [0.5, 0.6) is 0 Å². The molecule has 0 aliphatic carbocycles. The van der Waals surface area contributed by atoms with Gasteiger partial charge in [-0.05, 0) is 36.7 Å². The van der Waals surface area contributed by atoms with Gasteiger partial charge < -0.3 is 4.74 Å². The molecule has 78 valence electrons. The molecule has 0 unspecified atom stereocenters. The second-order valence-corrected chi connectivity index (χ2v) is 6.23. The predicted octanol–water partition coefficient (Wildman–Crippen LogP) is 2.79. The van der Waals surface area contributed by atoms with Crippen LogP contribution in [0.15, 0.2) is 10.1 Å². The van der Waals surface area contributed by atoms with E-state index in [1.807, 2.05) is 20.8 Å². The smallest absolute Gasteiger partial charge is 0.311 e. The highest BCUT2D eigenvalue weighted by Gasteiger charge is 2.17. The van der Waals surface area contributed by atoms with E-state index in [0.29, 0.717) is 6.42 Å². The van der Waals surface area contributed by atoms with Gasteiger partial charge in [0.25, 0.3) is 0 Å². The summed E-state index contributed by atoms with van der Waals surface area (Å²) in [7, 11) is 0. The summed E-state index contributed by atoms with van der Waals surface area (Å²) in [5.74, 6) is -0.214. The zero-order chi connectivity index (χ0) is 10.8. The number of esters is 1. The normalized spacial score (nSPS) is 11.4. The van der Waals surface area contributed by atoms with Gasteiger partial charge in [-0.3, -0.25) is 4.79 Å². The molecule has 14 heavy (non-hydrogen) atoms.